The maximum atomic E-state index is 12.1. The Morgan fingerprint density at radius 3 is 2.44 bits per heavy atom. The first kappa shape index (κ1) is 18.5. The second kappa shape index (κ2) is 8.33. The van der Waals surface area contributed by atoms with Crippen molar-refractivity contribution in [2.24, 2.45) is 5.92 Å². The third kappa shape index (κ3) is 5.35. The van der Waals surface area contributed by atoms with E-state index < -0.39 is 11.9 Å². The molecule has 5 nitrogen and oxygen atoms in total. The van der Waals surface area contributed by atoms with E-state index in [1.54, 1.807) is 14.0 Å². The van der Waals surface area contributed by atoms with Gasteiger partial charge < -0.3 is 15.3 Å². The number of hydrogen-bond donors (Lipinski definition) is 2. The van der Waals surface area contributed by atoms with Gasteiger partial charge in [-0.25, -0.2) is 4.79 Å². The maximum absolute atomic E-state index is 12.1. The zero-order valence-corrected chi connectivity index (χ0v) is 14.8. The standard InChI is InChI=1S/C20H24N2O3/c1-14-7-9-17(10-8-14)18-6-4-5-16(11-18)12-21-20(25)22(3)13-15(2)19(23)24/h4-11,15H,12-13H2,1-3H3,(H,21,25)(H,23,24). The highest BCUT2D eigenvalue weighted by Gasteiger charge is 2.17. The molecule has 2 amide bonds. The third-order valence-corrected chi connectivity index (χ3v) is 4.07. The van der Waals surface area contributed by atoms with Gasteiger partial charge in [-0.1, -0.05) is 55.0 Å². The van der Waals surface area contributed by atoms with Crippen LogP contribution in [-0.2, 0) is 11.3 Å². The molecule has 0 radical (unpaired) electrons. The number of amides is 2. The van der Waals surface area contributed by atoms with E-state index >= 15 is 0 Å². The fraction of sp³-hybridized carbons (Fsp3) is 0.300. The molecule has 2 aromatic carbocycles. The number of urea groups is 1. The van der Waals surface area contributed by atoms with Crippen LogP contribution in [0.5, 0.6) is 0 Å². The number of benzene rings is 2. The molecule has 2 rings (SSSR count). The summed E-state index contributed by atoms with van der Waals surface area (Å²) in [5, 5.41) is 11.7. The van der Waals surface area contributed by atoms with Gasteiger partial charge in [0, 0.05) is 20.1 Å². The number of nitrogens with one attached hydrogen (secondary N) is 1. The summed E-state index contributed by atoms with van der Waals surface area (Å²) in [4.78, 5) is 24.4. The van der Waals surface area contributed by atoms with Gasteiger partial charge in [-0.15, -0.1) is 0 Å². The number of nitrogens with zero attached hydrogens (tertiary/aromatic N) is 1. The van der Waals surface area contributed by atoms with E-state index in [-0.39, 0.29) is 12.6 Å². The minimum atomic E-state index is -0.912. The summed E-state index contributed by atoms with van der Waals surface area (Å²) >= 11 is 0. The van der Waals surface area contributed by atoms with Gasteiger partial charge in [0.2, 0.25) is 0 Å². The molecule has 0 saturated heterocycles. The van der Waals surface area contributed by atoms with Crippen molar-refractivity contribution in [2.75, 3.05) is 13.6 Å². The van der Waals surface area contributed by atoms with Crippen molar-refractivity contribution >= 4 is 12.0 Å². The van der Waals surface area contributed by atoms with Crippen LogP contribution in [0.4, 0.5) is 4.79 Å². The van der Waals surface area contributed by atoms with Gasteiger partial charge in [-0.2, -0.15) is 0 Å². The van der Waals surface area contributed by atoms with Gasteiger partial charge >= 0.3 is 12.0 Å². The summed E-state index contributed by atoms with van der Waals surface area (Å²) in [6, 6.07) is 16.0. The van der Waals surface area contributed by atoms with Crippen LogP contribution in [0.1, 0.15) is 18.1 Å². The number of carbonyl (C=O) groups excluding carboxylic acids is 1. The van der Waals surface area contributed by atoms with E-state index in [1.807, 2.05) is 24.3 Å². The van der Waals surface area contributed by atoms with E-state index in [2.05, 4.69) is 36.5 Å². The molecule has 1 unspecified atom stereocenters. The van der Waals surface area contributed by atoms with Crippen LogP contribution >= 0.6 is 0 Å². The first-order chi connectivity index (χ1) is 11.9. The van der Waals surface area contributed by atoms with E-state index in [9.17, 15) is 9.59 Å². The largest absolute Gasteiger partial charge is 0.481 e. The number of aliphatic carboxylic acids is 1. The monoisotopic (exact) mass is 340 g/mol. The van der Waals surface area contributed by atoms with Crippen LogP contribution in [0.15, 0.2) is 48.5 Å². The molecule has 0 fully saturated rings. The molecule has 25 heavy (non-hydrogen) atoms. The molecule has 0 saturated carbocycles. The van der Waals surface area contributed by atoms with Gasteiger partial charge in [0.25, 0.3) is 0 Å². The van der Waals surface area contributed by atoms with Crippen molar-refractivity contribution in [3.63, 3.8) is 0 Å². The lowest BCUT2D eigenvalue weighted by atomic mass is 10.0. The van der Waals surface area contributed by atoms with Crippen LogP contribution in [0.2, 0.25) is 0 Å². The Morgan fingerprint density at radius 2 is 1.80 bits per heavy atom. The highest BCUT2D eigenvalue weighted by atomic mass is 16.4. The Labute approximate surface area is 148 Å². The number of carboxylic acid groups (broad SMARTS) is 1. The Morgan fingerprint density at radius 1 is 1.12 bits per heavy atom. The Kier molecular flexibility index (Phi) is 6.17. The summed E-state index contributed by atoms with van der Waals surface area (Å²) < 4.78 is 0. The van der Waals surface area contributed by atoms with Crippen molar-refractivity contribution in [3.05, 3.63) is 59.7 Å². The van der Waals surface area contributed by atoms with E-state index in [1.165, 1.54) is 10.5 Å². The van der Waals surface area contributed by atoms with Gasteiger partial charge in [-0.05, 0) is 29.7 Å². The number of hydrogen-bond acceptors (Lipinski definition) is 2. The quantitative estimate of drug-likeness (QED) is 0.845. The zero-order chi connectivity index (χ0) is 18.4. The normalized spacial score (nSPS) is 11.6. The highest BCUT2D eigenvalue weighted by molar-refractivity contribution is 5.75. The van der Waals surface area contributed by atoms with E-state index in [0.29, 0.717) is 6.54 Å². The van der Waals surface area contributed by atoms with E-state index in [0.717, 1.165) is 16.7 Å². The Balaban J connectivity index is 1.97. The molecule has 5 heteroatoms. The Bertz CT molecular complexity index is 741. The smallest absolute Gasteiger partial charge is 0.317 e. The topological polar surface area (TPSA) is 69.6 Å². The summed E-state index contributed by atoms with van der Waals surface area (Å²) in [6.45, 7) is 4.20. The molecular formula is C20H24N2O3. The SMILES string of the molecule is Cc1ccc(-c2cccc(CNC(=O)N(C)CC(C)C(=O)O)c2)cc1. The first-order valence-electron chi connectivity index (χ1n) is 8.24. The van der Waals surface area contributed by atoms with Crippen LogP contribution in [0.25, 0.3) is 11.1 Å². The van der Waals surface area contributed by atoms with Crippen LogP contribution < -0.4 is 5.32 Å². The fourth-order valence-corrected chi connectivity index (χ4v) is 2.49. The molecule has 1 atom stereocenters. The Hall–Kier alpha value is -2.82. The molecule has 0 aliphatic rings. The highest BCUT2D eigenvalue weighted by Crippen LogP contribution is 2.21. The van der Waals surface area contributed by atoms with Gasteiger partial charge in [0.05, 0.1) is 5.92 Å². The van der Waals surface area contributed by atoms with Crippen molar-refractivity contribution < 1.29 is 14.7 Å². The molecular weight excluding hydrogens is 316 g/mol. The molecule has 0 aliphatic heterocycles. The average molecular weight is 340 g/mol. The van der Waals surface area contributed by atoms with Crippen molar-refractivity contribution in [1.82, 2.24) is 10.2 Å². The lowest BCUT2D eigenvalue weighted by Gasteiger charge is -2.20. The number of carbonyl (C=O) groups is 2. The minimum Gasteiger partial charge on any atom is -0.481 e. The molecule has 2 aromatic rings. The second-order valence-corrected chi connectivity index (χ2v) is 6.34. The molecule has 2 N–H and O–H groups in total. The molecule has 132 valence electrons. The predicted octanol–water partition coefficient (Wildman–Crippen LogP) is 3.52. The number of rotatable bonds is 6. The van der Waals surface area contributed by atoms with Crippen molar-refractivity contribution in [3.8, 4) is 11.1 Å². The number of carboxylic acids is 1. The first-order valence-corrected chi connectivity index (χ1v) is 8.24. The summed E-state index contributed by atoms with van der Waals surface area (Å²) in [7, 11) is 1.59. The predicted molar refractivity (Wildman–Crippen MR) is 98.3 cm³/mol. The second-order valence-electron chi connectivity index (χ2n) is 6.34. The van der Waals surface area contributed by atoms with Gasteiger partial charge in [0.1, 0.15) is 0 Å². The van der Waals surface area contributed by atoms with Crippen molar-refractivity contribution in [1.29, 1.82) is 0 Å². The maximum Gasteiger partial charge on any atom is 0.317 e. The molecule has 0 bridgehead atoms. The summed E-state index contributed by atoms with van der Waals surface area (Å²) in [5.74, 6) is -1.51. The fourth-order valence-electron chi connectivity index (χ4n) is 2.49. The lowest BCUT2D eigenvalue weighted by molar-refractivity contribution is -0.141. The zero-order valence-electron chi connectivity index (χ0n) is 14.8. The lowest BCUT2D eigenvalue weighted by Crippen LogP contribution is -2.40. The summed E-state index contributed by atoms with van der Waals surface area (Å²) in [6.07, 6.45) is 0. The number of aryl methyl sites for hydroxylation is 1. The molecule has 0 spiro atoms. The van der Waals surface area contributed by atoms with Crippen LogP contribution in [-0.4, -0.2) is 35.6 Å². The minimum absolute atomic E-state index is 0.171. The van der Waals surface area contributed by atoms with Crippen LogP contribution in [0, 0.1) is 12.8 Å². The molecule has 0 aromatic heterocycles. The molecule has 0 heterocycles. The van der Waals surface area contributed by atoms with Crippen LogP contribution in [0.3, 0.4) is 0 Å². The average Bonchev–Trinajstić information content (AvgIpc) is 2.60. The molecule has 0 aliphatic carbocycles. The van der Waals surface area contributed by atoms with Crippen molar-refractivity contribution in [2.45, 2.75) is 20.4 Å². The van der Waals surface area contributed by atoms with E-state index in [4.69, 9.17) is 5.11 Å². The van der Waals surface area contributed by atoms with Gasteiger partial charge in [0.15, 0.2) is 0 Å². The van der Waals surface area contributed by atoms with Gasteiger partial charge in [-0.3, -0.25) is 4.79 Å². The third-order valence-electron chi connectivity index (χ3n) is 4.07. The summed E-state index contributed by atoms with van der Waals surface area (Å²) in [5.41, 5.74) is 4.43.